The molecule has 2 aromatic carbocycles. The van der Waals surface area contributed by atoms with Crippen molar-refractivity contribution >= 4 is 28.9 Å². The number of carboxylic acids is 1. The summed E-state index contributed by atoms with van der Waals surface area (Å²) in [7, 11) is 1.50. The van der Waals surface area contributed by atoms with Crippen molar-refractivity contribution in [3.05, 3.63) is 63.6 Å². The number of rotatable bonds is 6. The molecule has 3 aromatic rings. The number of fused-ring (bicyclic) bond motifs is 1. The maximum absolute atomic E-state index is 13.4. The first kappa shape index (κ1) is 21.4. The maximum atomic E-state index is 13.4. The number of terminal acetylenes is 1. The molecular formula is C24H18FNO5S. The van der Waals surface area contributed by atoms with Gasteiger partial charge in [-0.3, -0.25) is 4.79 Å². The fraction of sp³-hybridized carbons (Fsp3) is 0.167. The van der Waals surface area contributed by atoms with Gasteiger partial charge in [0, 0.05) is 22.8 Å². The molecule has 0 spiro atoms. The van der Waals surface area contributed by atoms with Gasteiger partial charge in [0.2, 0.25) is 5.91 Å². The van der Waals surface area contributed by atoms with Gasteiger partial charge in [-0.15, -0.1) is 17.8 Å². The average molecular weight is 451 g/mol. The number of carbonyl (C=O) groups excluding carboxylic acids is 1. The normalized spacial score (nSPS) is 14.8. The number of carboxylic acid groups (broad SMARTS) is 1. The van der Waals surface area contributed by atoms with Crippen molar-refractivity contribution in [1.82, 2.24) is 0 Å². The summed E-state index contributed by atoms with van der Waals surface area (Å²) in [6, 6.07) is 10.8. The summed E-state index contributed by atoms with van der Waals surface area (Å²) in [4.78, 5) is 25.4. The highest BCUT2D eigenvalue weighted by Crippen LogP contribution is 2.50. The zero-order valence-corrected chi connectivity index (χ0v) is 17.8. The number of benzene rings is 2. The molecular weight excluding hydrogens is 433 g/mol. The van der Waals surface area contributed by atoms with E-state index in [2.05, 4.69) is 11.2 Å². The molecule has 8 heteroatoms. The summed E-state index contributed by atoms with van der Waals surface area (Å²) < 4.78 is 24.3. The van der Waals surface area contributed by atoms with Gasteiger partial charge in [-0.1, -0.05) is 24.1 Å². The standard InChI is InChI=1S/C24H18FNO5S/c1-3-10-31-17-9-6-14(11-18(17)30-2)16-12-19(27)26-21-20(13-4-7-15(25)8-5-13)23(24(28)29)32-22(16)21/h1,4-9,11,16H,10,12H2,2H3,(H,26,27)(H,28,29)/t16-/m0/s1. The van der Waals surface area contributed by atoms with Crippen molar-refractivity contribution < 1.29 is 28.6 Å². The first-order valence-corrected chi connectivity index (χ1v) is 10.4. The number of nitrogens with one attached hydrogen (secondary N) is 1. The summed E-state index contributed by atoms with van der Waals surface area (Å²) in [6.07, 6.45) is 5.39. The Morgan fingerprint density at radius 2 is 2.03 bits per heavy atom. The smallest absolute Gasteiger partial charge is 0.346 e. The first-order valence-electron chi connectivity index (χ1n) is 9.63. The summed E-state index contributed by atoms with van der Waals surface area (Å²) in [5.41, 5.74) is 2.09. The predicted octanol–water partition coefficient (Wildman–Crippen LogP) is 4.75. The number of methoxy groups -OCH3 is 1. The van der Waals surface area contributed by atoms with Crippen LogP contribution in [0.4, 0.5) is 10.1 Å². The molecule has 162 valence electrons. The van der Waals surface area contributed by atoms with Crippen molar-refractivity contribution in [2.45, 2.75) is 12.3 Å². The van der Waals surface area contributed by atoms with Gasteiger partial charge in [-0.25, -0.2) is 9.18 Å². The number of anilines is 1. The van der Waals surface area contributed by atoms with Gasteiger partial charge in [0.05, 0.1) is 12.8 Å². The van der Waals surface area contributed by atoms with Crippen LogP contribution in [0.5, 0.6) is 11.5 Å². The molecule has 0 fully saturated rings. The van der Waals surface area contributed by atoms with Crippen LogP contribution in [-0.4, -0.2) is 30.7 Å². The van der Waals surface area contributed by atoms with Crippen molar-refractivity contribution in [2.24, 2.45) is 0 Å². The lowest BCUT2D eigenvalue weighted by Gasteiger charge is -2.24. The van der Waals surface area contributed by atoms with Crippen molar-refractivity contribution in [2.75, 3.05) is 19.0 Å². The Labute approximate surface area is 187 Å². The lowest BCUT2D eigenvalue weighted by molar-refractivity contribution is -0.116. The number of hydrogen-bond acceptors (Lipinski definition) is 5. The Morgan fingerprint density at radius 1 is 1.28 bits per heavy atom. The fourth-order valence-corrected chi connectivity index (χ4v) is 4.98. The van der Waals surface area contributed by atoms with Gasteiger partial charge in [0.15, 0.2) is 11.5 Å². The molecule has 1 aromatic heterocycles. The van der Waals surface area contributed by atoms with Gasteiger partial charge in [-0.2, -0.15) is 0 Å². The first-order chi connectivity index (χ1) is 15.4. The summed E-state index contributed by atoms with van der Waals surface area (Å²) >= 11 is 1.10. The van der Waals surface area contributed by atoms with Crippen molar-refractivity contribution in [3.63, 3.8) is 0 Å². The Bertz CT molecular complexity index is 1240. The summed E-state index contributed by atoms with van der Waals surface area (Å²) in [6.45, 7) is 0.0830. The van der Waals surface area contributed by atoms with E-state index in [1.165, 1.54) is 31.4 Å². The number of halogens is 1. The Balaban J connectivity index is 1.85. The average Bonchev–Trinajstić information content (AvgIpc) is 3.17. The number of thiophene rings is 1. The van der Waals surface area contributed by atoms with Crippen molar-refractivity contribution in [3.8, 4) is 35.0 Å². The van der Waals surface area contributed by atoms with Gasteiger partial charge in [-0.05, 0) is 35.4 Å². The molecule has 1 aliphatic heterocycles. The maximum Gasteiger partial charge on any atom is 0.346 e. The van der Waals surface area contributed by atoms with E-state index in [4.69, 9.17) is 15.9 Å². The predicted molar refractivity (Wildman–Crippen MR) is 119 cm³/mol. The number of hydrogen-bond donors (Lipinski definition) is 2. The van der Waals surface area contributed by atoms with E-state index in [1.807, 2.05) is 0 Å². The van der Waals surface area contributed by atoms with Crippen LogP contribution in [0.2, 0.25) is 0 Å². The van der Waals surface area contributed by atoms with Gasteiger partial charge in [0.25, 0.3) is 0 Å². The van der Waals surface area contributed by atoms with E-state index in [9.17, 15) is 19.1 Å². The van der Waals surface area contributed by atoms with Crippen molar-refractivity contribution in [1.29, 1.82) is 0 Å². The molecule has 0 bridgehead atoms. The molecule has 2 N–H and O–H groups in total. The topological polar surface area (TPSA) is 84.9 Å². The van der Waals surface area contributed by atoms with Gasteiger partial charge < -0.3 is 19.9 Å². The monoisotopic (exact) mass is 451 g/mol. The van der Waals surface area contributed by atoms with E-state index < -0.39 is 11.8 Å². The Kier molecular flexibility index (Phi) is 5.84. The number of aromatic carboxylic acids is 1. The molecule has 1 aliphatic rings. The van der Waals surface area contributed by atoms with E-state index in [0.29, 0.717) is 33.2 Å². The van der Waals surface area contributed by atoms with Crippen LogP contribution in [0.15, 0.2) is 42.5 Å². The molecule has 1 amide bonds. The van der Waals surface area contributed by atoms with Crippen LogP contribution in [0.1, 0.15) is 32.5 Å². The number of ether oxygens (including phenoxy) is 2. The van der Waals surface area contributed by atoms with Crippen LogP contribution in [-0.2, 0) is 4.79 Å². The second kappa shape index (κ2) is 8.73. The molecule has 2 heterocycles. The number of carbonyl (C=O) groups is 2. The SMILES string of the molecule is C#CCOc1ccc([C@@H]2CC(=O)Nc3c2sc(C(=O)O)c3-c2ccc(F)cc2)cc1OC. The Morgan fingerprint density at radius 3 is 2.69 bits per heavy atom. The largest absolute Gasteiger partial charge is 0.493 e. The molecule has 0 aliphatic carbocycles. The minimum atomic E-state index is -1.12. The lowest BCUT2D eigenvalue weighted by atomic mass is 9.88. The fourth-order valence-electron chi connectivity index (χ4n) is 3.74. The van der Waals surface area contributed by atoms with Crippen LogP contribution in [0.3, 0.4) is 0 Å². The van der Waals surface area contributed by atoms with Crippen LogP contribution in [0, 0.1) is 18.2 Å². The highest BCUT2D eigenvalue weighted by Gasteiger charge is 2.34. The van der Waals surface area contributed by atoms with Gasteiger partial charge >= 0.3 is 5.97 Å². The van der Waals surface area contributed by atoms with E-state index >= 15 is 0 Å². The molecule has 1 atom stereocenters. The summed E-state index contributed by atoms with van der Waals surface area (Å²) in [5, 5.41) is 12.6. The van der Waals surface area contributed by atoms with Crippen LogP contribution < -0.4 is 14.8 Å². The molecule has 0 radical (unpaired) electrons. The quantitative estimate of drug-likeness (QED) is 0.529. The minimum Gasteiger partial charge on any atom is -0.493 e. The van der Waals surface area contributed by atoms with Gasteiger partial charge in [0.1, 0.15) is 17.3 Å². The lowest BCUT2D eigenvalue weighted by Crippen LogP contribution is -2.22. The highest BCUT2D eigenvalue weighted by atomic mass is 32.1. The second-order valence-electron chi connectivity index (χ2n) is 7.07. The molecule has 32 heavy (non-hydrogen) atoms. The van der Waals surface area contributed by atoms with E-state index in [0.717, 1.165) is 16.9 Å². The molecule has 6 nitrogen and oxygen atoms in total. The zero-order chi connectivity index (χ0) is 22.8. The zero-order valence-electron chi connectivity index (χ0n) is 17.0. The highest BCUT2D eigenvalue weighted by molar-refractivity contribution is 7.15. The second-order valence-corrected chi connectivity index (χ2v) is 8.12. The third kappa shape index (κ3) is 3.90. The van der Waals surface area contributed by atoms with E-state index in [-0.39, 0.29) is 29.7 Å². The van der Waals surface area contributed by atoms with Crippen LogP contribution >= 0.6 is 11.3 Å². The molecule has 4 rings (SSSR count). The minimum absolute atomic E-state index is 0.0785. The third-order valence-electron chi connectivity index (χ3n) is 5.13. The Hall–Kier alpha value is -3.83. The molecule has 0 unspecified atom stereocenters. The van der Waals surface area contributed by atoms with Crippen LogP contribution in [0.25, 0.3) is 11.1 Å². The third-order valence-corrected chi connectivity index (χ3v) is 6.43. The number of amides is 1. The summed E-state index contributed by atoms with van der Waals surface area (Å²) in [5.74, 6) is 1.14. The van der Waals surface area contributed by atoms with E-state index in [1.54, 1.807) is 18.2 Å². The molecule has 0 saturated carbocycles. The molecule has 0 saturated heterocycles.